The highest BCUT2D eigenvalue weighted by Crippen LogP contribution is 2.35. The minimum Gasteiger partial charge on any atom is -0.326 e. The zero-order valence-electron chi connectivity index (χ0n) is 5.93. The first-order valence-corrected chi connectivity index (χ1v) is 3.51. The second kappa shape index (κ2) is 2.64. The van der Waals surface area contributed by atoms with Crippen LogP contribution in [0.2, 0.25) is 0 Å². The monoisotopic (exact) mass is 168 g/mol. The summed E-state index contributed by atoms with van der Waals surface area (Å²) in [5, 5.41) is 0. The molecule has 66 valence electrons. The first-order chi connectivity index (χ1) is 4.93. The predicted molar refractivity (Wildman–Crippen MR) is 34.7 cm³/mol. The summed E-state index contributed by atoms with van der Waals surface area (Å²) >= 11 is 0. The number of alkyl halides is 3. The molecule has 2 nitrogen and oxygen atoms in total. The molecule has 0 aromatic heterocycles. The van der Waals surface area contributed by atoms with Gasteiger partial charge in [0.25, 0.3) is 0 Å². The van der Waals surface area contributed by atoms with Crippen LogP contribution in [0.25, 0.3) is 0 Å². The van der Waals surface area contributed by atoms with Gasteiger partial charge in [0, 0.05) is 6.04 Å². The minimum atomic E-state index is -4.35. The predicted octanol–water partition coefficient (Wildman–Crippen LogP) is 0.613. The molecule has 2 unspecified atom stereocenters. The van der Waals surface area contributed by atoms with Gasteiger partial charge in [0.05, 0.1) is 0 Å². The lowest BCUT2D eigenvalue weighted by molar-refractivity contribution is -0.153. The van der Waals surface area contributed by atoms with Gasteiger partial charge in [0.15, 0.2) is 0 Å². The van der Waals surface area contributed by atoms with Crippen molar-refractivity contribution in [2.45, 2.75) is 31.1 Å². The van der Waals surface area contributed by atoms with Crippen molar-refractivity contribution in [3.8, 4) is 0 Å². The summed E-state index contributed by atoms with van der Waals surface area (Å²) in [4.78, 5) is 0. The van der Waals surface area contributed by atoms with E-state index in [2.05, 4.69) is 0 Å². The molecule has 1 aliphatic carbocycles. The van der Waals surface area contributed by atoms with E-state index in [0.29, 0.717) is 0 Å². The summed E-state index contributed by atoms with van der Waals surface area (Å²) in [5.41, 5.74) is 10.1. The molecule has 5 heteroatoms. The normalized spacial score (nSPS) is 24.8. The molecule has 0 aromatic carbocycles. The van der Waals surface area contributed by atoms with Crippen LogP contribution >= 0.6 is 0 Å². The molecule has 0 heterocycles. The van der Waals surface area contributed by atoms with Crippen molar-refractivity contribution in [1.29, 1.82) is 0 Å². The van der Waals surface area contributed by atoms with Crippen molar-refractivity contribution in [1.82, 2.24) is 0 Å². The molecule has 0 spiro atoms. The van der Waals surface area contributed by atoms with Crippen LogP contribution in [0.4, 0.5) is 13.2 Å². The molecule has 0 aliphatic heterocycles. The van der Waals surface area contributed by atoms with Crippen LogP contribution in [0.5, 0.6) is 0 Å². The maximum absolute atomic E-state index is 11.9. The molecule has 11 heavy (non-hydrogen) atoms. The van der Waals surface area contributed by atoms with E-state index in [0.717, 1.165) is 12.8 Å². The largest absolute Gasteiger partial charge is 0.405 e. The van der Waals surface area contributed by atoms with Crippen molar-refractivity contribution < 1.29 is 13.2 Å². The zero-order chi connectivity index (χ0) is 8.65. The van der Waals surface area contributed by atoms with E-state index in [1.54, 1.807) is 0 Å². The second-order valence-electron chi connectivity index (χ2n) is 2.98. The van der Waals surface area contributed by atoms with Crippen LogP contribution in [0, 0.1) is 5.92 Å². The van der Waals surface area contributed by atoms with Crippen molar-refractivity contribution in [3.05, 3.63) is 0 Å². The van der Waals surface area contributed by atoms with Crippen molar-refractivity contribution in [2.24, 2.45) is 17.4 Å². The van der Waals surface area contributed by atoms with Crippen LogP contribution < -0.4 is 11.5 Å². The van der Waals surface area contributed by atoms with Gasteiger partial charge in [-0.3, -0.25) is 0 Å². The lowest BCUT2D eigenvalue weighted by Crippen LogP contribution is -2.52. The minimum absolute atomic E-state index is 0.00775. The van der Waals surface area contributed by atoms with Gasteiger partial charge in [-0.05, 0) is 18.8 Å². The summed E-state index contributed by atoms with van der Waals surface area (Å²) in [5.74, 6) is -0.00775. The molecular formula is C6H11F3N2. The molecule has 1 saturated carbocycles. The van der Waals surface area contributed by atoms with Gasteiger partial charge in [0.1, 0.15) is 6.04 Å². The Morgan fingerprint density at radius 1 is 1.18 bits per heavy atom. The van der Waals surface area contributed by atoms with Crippen LogP contribution in [0.3, 0.4) is 0 Å². The Bertz CT molecular complexity index is 141. The lowest BCUT2D eigenvalue weighted by atomic mass is 10.1. The van der Waals surface area contributed by atoms with Gasteiger partial charge < -0.3 is 11.5 Å². The molecule has 1 aliphatic rings. The van der Waals surface area contributed by atoms with Gasteiger partial charge in [-0.1, -0.05) is 0 Å². The Labute approximate surface area is 62.7 Å². The zero-order valence-corrected chi connectivity index (χ0v) is 5.93. The fourth-order valence-electron chi connectivity index (χ4n) is 0.993. The topological polar surface area (TPSA) is 52.0 Å². The van der Waals surface area contributed by atoms with E-state index in [-0.39, 0.29) is 5.92 Å². The van der Waals surface area contributed by atoms with Gasteiger partial charge in [-0.15, -0.1) is 0 Å². The summed E-state index contributed by atoms with van der Waals surface area (Å²) in [6, 6.07) is -2.76. The summed E-state index contributed by atoms with van der Waals surface area (Å²) in [7, 11) is 0. The maximum atomic E-state index is 11.9. The van der Waals surface area contributed by atoms with Gasteiger partial charge in [-0.2, -0.15) is 13.2 Å². The second-order valence-corrected chi connectivity index (χ2v) is 2.98. The molecule has 1 rings (SSSR count). The number of rotatable bonds is 2. The van der Waals surface area contributed by atoms with E-state index in [4.69, 9.17) is 11.5 Å². The van der Waals surface area contributed by atoms with E-state index >= 15 is 0 Å². The van der Waals surface area contributed by atoms with E-state index in [9.17, 15) is 13.2 Å². The standard InChI is InChI=1S/C6H11F3N2/c7-6(8,9)5(11)4(10)3-1-2-3/h3-5H,1-2,10-11H2. The summed E-state index contributed by atoms with van der Waals surface area (Å²) in [6.07, 6.45) is -2.78. The van der Waals surface area contributed by atoms with Crippen LogP contribution in [-0.2, 0) is 0 Å². The third-order valence-electron chi connectivity index (χ3n) is 1.96. The SMILES string of the molecule is NC(C1CC1)C(N)C(F)(F)F. The van der Waals surface area contributed by atoms with E-state index in [1.807, 2.05) is 0 Å². The van der Waals surface area contributed by atoms with Crippen molar-refractivity contribution >= 4 is 0 Å². The number of hydrogen-bond donors (Lipinski definition) is 2. The number of halogens is 3. The molecule has 4 N–H and O–H groups in total. The lowest BCUT2D eigenvalue weighted by Gasteiger charge is -2.21. The molecule has 2 atom stereocenters. The quantitative estimate of drug-likeness (QED) is 0.634. The van der Waals surface area contributed by atoms with Crippen LogP contribution in [-0.4, -0.2) is 18.3 Å². The highest BCUT2D eigenvalue weighted by Gasteiger charge is 2.45. The molecule has 0 bridgehead atoms. The highest BCUT2D eigenvalue weighted by atomic mass is 19.4. The fourth-order valence-corrected chi connectivity index (χ4v) is 0.993. The maximum Gasteiger partial charge on any atom is 0.405 e. The van der Waals surface area contributed by atoms with Gasteiger partial charge in [-0.25, -0.2) is 0 Å². The average molecular weight is 168 g/mol. The summed E-state index contributed by atoms with van der Waals surface area (Å²) < 4.78 is 35.6. The third kappa shape index (κ3) is 2.07. The fraction of sp³-hybridized carbons (Fsp3) is 1.00. The van der Waals surface area contributed by atoms with E-state index < -0.39 is 18.3 Å². The molecule has 0 radical (unpaired) electrons. The molecule has 0 aromatic rings. The Morgan fingerprint density at radius 2 is 1.64 bits per heavy atom. The summed E-state index contributed by atoms with van der Waals surface area (Å²) in [6.45, 7) is 0. The van der Waals surface area contributed by atoms with Crippen molar-refractivity contribution in [2.75, 3.05) is 0 Å². The Morgan fingerprint density at radius 3 is 1.91 bits per heavy atom. The first kappa shape index (κ1) is 8.80. The van der Waals surface area contributed by atoms with Crippen LogP contribution in [0.1, 0.15) is 12.8 Å². The van der Waals surface area contributed by atoms with Gasteiger partial charge in [0.2, 0.25) is 0 Å². The molecule has 0 saturated heterocycles. The molecule has 1 fully saturated rings. The number of nitrogens with two attached hydrogens (primary N) is 2. The van der Waals surface area contributed by atoms with Crippen molar-refractivity contribution in [3.63, 3.8) is 0 Å². The highest BCUT2D eigenvalue weighted by molar-refractivity contribution is 4.93. The third-order valence-corrected chi connectivity index (χ3v) is 1.96. The average Bonchev–Trinajstić information content (AvgIpc) is 2.63. The van der Waals surface area contributed by atoms with E-state index in [1.165, 1.54) is 0 Å². The Kier molecular flexibility index (Phi) is 2.11. The van der Waals surface area contributed by atoms with Gasteiger partial charge >= 0.3 is 6.18 Å². The van der Waals surface area contributed by atoms with Crippen LogP contribution in [0.15, 0.2) is 0 Å². The Balaban J connectivity index is 2.45. The number of hydrogen-bond acceptors (Lipinski definition) is 2. The smallest absolute Gasteiger partial charge is 0.326 e. The first-order valence-electron chi connectivity index (χ1n) is 3.51. The molecule has 0 amide bonds. The Hall–Kier alpha value is -0.290. The molecular weight excluding hydrogens is 157 g/mol.